The molecule has 0 aromatic heterocycles. The summed E-state index contributed by atoms with van der Waals surface area (Å²) < 4.78 is 41.5. The van der Waals surface area contributed by atoms with Gasteiger partial charge >= 0.3 is 5.51 Å². The van der Waals surface area contributed by atoms with Crippen LogP contribution in [-0.2, 0) is 0 Å². The molecule has 0 aliphatic carbocycles. The van der Waals surface area contributed by atoms with E-state index in [1.807, 2.05) is 0 Å². The van der Waals surface area contributed by atoms with Crippen LogP contribution in [0, 0.1) is 0 Å². The monoisotopic (exact) mass is 248 g/mol. The van der Waals surface area contributed by atoms with E-state index in [0.29, 0.717) is 5.75 Å². The minimum Gasteiger partial charge on any atom is -0.492 e. The van der Waals surface area contributed by atoms with Gasteiger partial charge in [0.05, 0.1) is 12.2 Å². The molecule has 0 fully saturated rings. The molecule has 1 heterocycles. The summed E-state index contributed by atoms with van der Waals surface area (Å²) in [6.45, 7) is 0.289. The lowest BCUT2D eigenvalue weighted by Crippen LogP contribution is -2.15. The summed E-state index contributed by atoms with van der Waals surface area (Å²) in [7, 11) is 0. The molecular weight excluding hydrogens is 241 g/mol. The fourth-order valence-electron chi connectivity index (χ4n) is 1.44. The zero-order valence-electron chi connectivity index (χ0n) is 8.00. The van der Waals surface area contributed by atoms with Crippen molar-refractivity contribution < 1.29 is 22.7 Å². The van der Waals surface area contributed by atoms with Crippen LogP contribution in [-0.4, -0.2) is 17.9 Å². The van der Waals surface area contributed by atoms with E-state index in [-0.39, 0.29) is 41.0 Å². The average Bonchev–Trinajstić information content (AvgIpc) is 2.17. The van der Waals surface area contributed by atoms with Gasteiger partial charge in [0.1, 0.15) is 5.75 Å². The molecule has 16 heavy (non-hydrogen) atoms. The molecule has 86 valence electrons. The Morgan fingerprint density at radius 3 is 2.75 bits per heavy atom. The maximum Gasteiger partial charge on any atom is 0.446 e. The zero-order chi connectivity index (χ0) is 11.8. The summed E-state index contributed by atoms with van der Waals surface area (Å²) in [5.74, 6) is 0.189. The van der Waals surface area contributed by atoms with Gasteiger partial charge < -0.3 is 4.74 Å². The summed E-state index contributed by atoms with van der Waals surface area (Å²) in [6, 6.07) is 3.94. The summed E-state index contributed by atoms with van der Waals surface area (Å²) >= 11 is -0.232. The number of carbonyl (C=O) groups excluding carboxylic acids is 1. The fourth-order valence-corrected chi connectivity index (χ4v) is 2.02. The third kappa shape index (κ3) is 2.49. The van der Waals surface area contributed by atoms with Crippen LogP contribution in [0.15, 0.2) is 23.1 Å². The van der Waals surface area contributed by atoms with Crippen LogP contribution in [0.2, 0.25) is 0 Å². The first-order chi connectivity index (χ1) is 7.46. The minimum absolute atomic E-state index is 0.00472. The Hall–Kier alpha value is -1.17. The van der Waals surface area contributed by atoms with E-state index in [2.05, 4.69) is 0 Å². The van der Waals surface area contributed by atoms with E-state index in [1.165, 1.54) is 18.2 Å². The molecule has 0 N–H and O–H groups in total. The number of Topliss-reactive ketones (excluding diaryl/α,β-unsaturated/α-hetero) is 1. The number of hydrogen-bond donors (Lipinski definition) is 0. The van der Waals surface area contributed by atoms with E-state index >= 15 is 0 Å². The van der Waals surface area contributed by atoms with Crippen LogP contribution < -0.4 is 4.74 Å². The number of thioether (sulfide) groups is 1. The highest BCUT2D eigenvalue weighted by atomic mass is 32.2. The van der Waals surface area contributed by atoms with Gasteiger partial charge in [0.2, 0.25) is 0 Å². The predicted molar refractivity (Wildman–Crippen MR) is 52.8 cm³/mol. The first kappa shape index (κ1) is 11.3. The summed E-state index contributed by atoms with van der Waals surface area (Å²) in [4.78, 5) is 11.4. The topological polar surface area (TPSA) is 26.3 Å². The van der Waals surface area contributed by atoms with Crippen LogP contribution in [0.1, 0.15) is 16.8 Å². The second-order valence-electron chi connectivity index (χ2n) is 3.23. The Balaban J connectivity index is 2.31. The fraction of sp³-hybridized carbons (Fsp3) is 0.300. The molecule has 1 aliphatic rings. The Morgan fingerprint density at radius 1 is 1.31 bits per heavy atom. The van der Waals surface area contributed by atoms with E-state index < -0.39 is 5.51 Å². The number of ketones is 1. The predicted octanol–water partition coefficient (Wildman–Crippen LogP) is 3.26. The lowest BCUT2D eigenvalue weighted by molar-refractivity contribution is -0.0328. The lowest BCUT2D eigenvalue weighted by atomic mass is 10.1. The molecule has 0 spiro atoms. The van der Waals surface area contributed by atoms with Gasteiger partial charge in [-0.25, -0.2) is 0 Å². The molecule has 0 radical (unpaired) electrons. The Labute approximate surface area is 93.8 Å². The lowest BCUT2D eigenvalue weighted by Gasteiger charge is -2.17. The summed E-state index contributed by atoms with van der Waals surface area (Å²) in [5, 5.41) is 0. The van der Waals surface area contributed by atoms with Crippen molar-refractivity contribution in [3.63, 3.8) is 0 Å². The van der Waals surface area contributed by atoms with Gasteiger partial charge in [-0.2, -0.15) is 13.2 Å². The number of halogens is 3. The van der Waals surface area contributed by atoms with Gasteiger partial charge in [0, 0.05) is 11.3 Å². The van der Waals surface area contributed by atoms with Crippen molar-refractivity contribution in [2.45, 2.75) is 16.8 Å². The molecule has 1 aromatic carbocycles. The molecule has 6 heteroatoms. The highest BCUT2D eigenvalue weighted by Crippen LogP contribution is 2.39. The quantitative estimate of drug-likeness (QED) is 0.713. The van der Waals surface area contributed by atoms with Crippen molar-refractivity contribution >= 4 is 17.5 Å². The van der Waals surface area contributed by atoms with Crippen LogP contribution >= 0.6 is 11.8 Å². The minimum atomic E-state index is -4.34. The molecule has 0 atom stereocenters. The van der Waals surface area contributed by atoms with Crippen molar-refractivity contribution in [2.24, 2.45) is 0 Å². The number of hydrogen-bond acceptors (Lipinski definition) is 3. The maximum absolute atomic E-state index is 12.1. The van der Waals surface area contributed by atoms with Crippen molar-refractivity contribution in [1.29, 1.82) is 0 Å². The molecule has 2 rings (SSSR count). The standard InChI is InChI=1S/C10H7F3O2S/c11-10(12,13)16-6-1-2-9-7(5-6)8(14)3-4-15-9/h1-2,5H,3-4H2. The van der Waals surface area contributed by atoms with E-state index in [9.17, 15) is 18.0 Å². The van der Waals surface area contributed by atoms with E-state index in [1.54, 1.807) is 0 Å². The Bertz CT molecular complexity index is 429. The molecular formula is C10H7F3O2S. The maximum atomic E-state index is 12.1. The molecule has 2 nitrogen and oxygen atoms in total. The molecule has 0 bridgehead atoms. The van der Waals surface area contributed by atoms with Gasteiger partial charge in [-0.05, 0) is 30.0 Å². The van der Waals surface area contributed by atoms with Crippen molar-refractivity contribution in [3.8, 4) is 5.75 Å². The van der Waals surface area contributed by atoms with Crippen LogP contribution in [0.25, 0.3) is 0 Å². The average molecular weight is 248 g/mol. The highest BCUT2D eigenvalue weighted by molar-refractivity contribution is 8.00. The van der Waals surface area contributed by atoms with Gasteiger partial charge in [-0.15, -0.1) is 0 Å². The number of benzene rings is 1. The van der Waals surface area contributed by atoms with Crippen molar-refractivity contribution in [1.82, 2.24) is 0 Å². The largest absolute Gasteiger partial charge is 0.492 e. The normalized spacial score (nSPS) is 15.6. The molecule has 1 aromatic rings. The van der Waals surface area contributed by atoms with Gasteiger partial charge in [0.25, 0.3) is 0 Å². The molecule has 0 amide bonds. The number of rotatable bonds is 1. The number of fused-ring (bicyclic) bond motifs is 1. The molecule has 0 saturated heterocycles. The Kier molecular flexibility index (Phi) is 2.84. The van der Waals surface area contributed by atoms with E-state index in [0.717, 1.165) is 0 Å². The van der Waals surface area contributed by atoms with Crippen LogP contribution in [0.5, 0.6) is 5.75 Å². The van der Waals surface area contributed by atoms with Gasteiger partial charge in [-0.1, -0.05) is 0 Å². The highest BCUT2D eigenvalue weighted by Gasteiger charge is 2.30. The third-order valence-corrected chi connectivity index (χ3v) is 2.79. The van der Waals surface area contributed by atoms with Crippen molar-refractivity contribution in [2.75, 3.05) is 6.61 Å². The summed E-state index contributed by atoms with van der Waals surface area (Å²) in [5.41, 5.74) is -4.10. The number of alkyl halides is 3. The van der Waals surface area contributed by atoms with Crippen LogP contribution in [0.4, 0.5) is 13.2 Å². The number of ether oxygens (including phenoxy) is 1. The van der Waals surface area contributed by atoms with Crippen molar-refractivity contribution in [3.05, 3.63) is 23.8 Å². The first-order valence-corrected chi connectivity index (χ1v) is 5.33. The second-order valence-corrected chi connectivity index (χ2v) is 4.37. The molecule has 1 aliphatic heterocycles. The molecule has 0 saturated carbocycles. The zero-order valence-corrected chi connectivity index (χ0v) is 8.82. The van der Waals surface area contributed by atoms with Gasteiger partial charge in [0.15, 0.2) is 5.78 Å². The third-order valence-electron chi connectivity index (χ3n) is 2.07. The van der Waals surface area contributed by atoms with E-state index in [4.69, 9.17) is 4.74 Å². The first-order valence-electron chi connectivity index (χ1n) is 4.51. The van der Waals surface area contributed by atoms with Crippen LogP contribution in [0.3, 0.4) is 0 Å². The summed E-state index contributed by atoms with van der Waals surface area (Å²) in [6.07, 6.45) is 0.215. The Morgan fingerprint density at radius 2 is 2.06 bits per heavy atom. The number of carbonyl (C=O) groups is 1. The smallest absolute Gasteiger partial charge is 0.446 e. The SMILES string of the molecule is O=C1CCOc2ccc(SC(F)(F)F)cc21. The molecule has 0 unspecified atom stereocenters. The van der Waals surface area contributed by atoms with Gasteiger partial charge in [-0.3, -0.25) is 4.79 Å². The second kappa shape index (κ2) is 4.01.